The van der Waals surface area contributed by atoms with Gasteiger partial charge in [0.2, 0.25) is 5.95 Å². The van der Waals surface area contributed by atoms with E-state index < -0.39 is 13.0 Å². The standard InChI is InChI=1S/C36H39Cl2F3N8O3/c1-46(34(50)27-20-25(9-11-33(27)51-2)31-22-42-45-44-31)23-26(24-8-10-28(37)29(38)21-24)12-15-47-13-5-14-48(17-16-47)35-43-30-6-3-4-7-32(30)49(35)18-19-52-36(39,40)41/h3-4,6-11,20-22,26H,5,12-19,23H2,1-2H3,(H,42,44,45). The zero-order chi connectivity index (χ0) is 36.8. The third-order valence-corrected chi connectivity index (χ3v) is 10.0. The number of amides is 1. The Kier molecular flexibility index (Phi) is 11.9. The molecule has 1 aliphatic heterocycles. The van der Waals surface area contributed by atoms with Crippen molar-refractivity contribution in [3.63, 3.8) is 0 Å². The third-order valence-electron chi connectivity index (χ3n) is 9.28. The molecular weight excluding hydrogens is 720 g/mol. The van der Waals surface area contributed by atoms with Crippen LogP contribution in [-0.4, -0.2) is 107 Å². The second kappa shape index (κ2) is 16.5. The third kappa shape index (κ3) is 8.98. The first-order valence-corrected chi connectivity index (χ1v) is 17.6. The van der Waals surface area contributed by atoms with E-state index in [9.17, 15) is 18.0 Å². The molecule has 0 saturated carbocycles. The van der Waals surface area contributed by atoms with Crippen molar-refractivity contribution < 1.29 is 27.4 Å². The monoisotopic (exact) mass is 758 g/mol. The second-order valence-electron chi connectivity index (χ2n) is 12.6. The molecule has 3 heterocycles. The summed E-state index contributed by atoms with van der Waals surface area (Å²) in [4.78, 5) is 24.9. The highest BCUT2D eigenvalue weighted by Crippen LogP contribution is 2.32. The van der Waals surface area contributed by atoms with Gasteiger partial charge in [-0.2, -0.15) is 15.4 Å². The van der Waals surface area contributed by atoms with Crippen LogP contribution in [0.5, 0.6) is 5.75 Å². The number of ether oxygens (including phenoxy) is 2. The molecule has 1 atom stereocenters. The number of aromatic nitrogens is 5. The van der Waals surface area contributed by atoms with E-state index in [1.165, 1.54) is 7.11 Å². The summed E-state index contributed by atoms with van der Waals surface area (Å²) in [5.74, 6) is 0.795. The number of imidazole rings is 1. The van der Waals surface area contributed by atoms with Crippen molar-refractivity contribution in [2.24, 2.45) is 0 Å². The van der Waals surface area contributed by atoms with Crippen LogP contribution in [0.2, 0.25) is 10.0 Å². The Labute approximate surface area is 309 Å². The van der Waals surface area contributed by atoms with Gasteiger partial charge >= 0.3 is 6.36 Å². The number of nitrogens with zero attached hydrogens (tertiary/aromatic N) is 7. The quantitative estimate of drug-likeness (QED) is 0.135. The van der Waals surface area contributed by atoms with E-state index in [2.05, 4.69) is 29.9 Å². The number of carbonyl (C=O) groups is 1. The number of fused-ring (bicyclic) bond motifs is 1. The molecule has 52 heavy (non-hydrogen) atoms. The number of carbonyl (C=O) groups excluding carboxylic acids is 1. The highest BCUT2D eigenvalue weighted by atomic mass is 35.5. The molecule has 0 radical (unpaired) electrons. The van der Waals surface area contributed by atoms with E-state index in [0.29, 0.717) is 52.6 Å². The van der Waals surface area contributed by atoms with Gasteiger partial charge in [-0.1, -0.05) is 41.4 Å². The Balaban J connectivity index is 1.16. The van der Waals surface area contributed by atoms with Crippen LogP contribution in [0, 0.1) is 0 Å². The Morgan fingerprint density at radius 1 is 1.02 bits per heavy atom. The SMILES string of the molecule is COc1ccc(-c2cn[nH]n2)cc1C(=O)N(C)CC(CCN1CCCN(c2nc3ccccc3n2CCOC(F)(F)F)CC1)c1ccc(Cl)c(Cl)c1. The van der Waals surface area contributed by atoms with Crippen LogP contribution in [-0.2, 0) is 11.3 Å². The van der Waals surface area contributed by atoms with E-state index in [1.807, 2.05) is 42.5 Å². The molecule has 1 amide bonds. The molecule has 276 valence electrons. The fourth-order valence-electron chi connectivity index (χ4n) is 6.63. The van der Waals surface area contributed by atoms with Crippen LogP contribution in [0.4, 0.5) is 19.1 Å². The largest absolute Gasteiger partial charge is 0.522 e. The molecular formula is C36H39Cl2F3N8O3. The molecule has 1 saturated heterocycles. The number of rotatable bonds is 13. The molecule has 0 aliphatic carbocycles. The number of hydrogen-bond acceptors (Lipinski definition) is 8. The van der Waals surface area contributed by atoms with Gasteiger partial charge in [-0.05, 0) is 74.0 Å². The van der Waals surface area contributed by atoms with Crippen molar-refractivity contribution in [3.8, 4) is 17.0 Å². The minimum atomic E-state index is -4.70. The molecule has 0 spiro atoms. The number of aromatic amines is 1. The van der Waals surface area contributed by atoms with Crippen LogP contribution in [0.3, 0.4) is 0 Å². The molecule has 1 unspecified atom stereocenters. The topological polar surface area (TPSA) is 105 Å². The number of halogens is 5. The van der Waals surface area contributed by atoms with Gasteiger partial charge in [-0.3, -0.25) is 9.53 Å². The lowest BCUT2D eigenvalue weighted by atomic mass is 9.94. The molecule has 3 aromatic carbocycles. The molecule has 6 rings (SSSR count). The van der Waals surface area contributed by atoms with Gasteiger partial charge in [-0.25, -0.2) is 4.98 Å². The first-order chi connectivity index (χ1) is 25.0. The number of anilines is 1. The number of nitrogens with one attached hydrogen (secondary N) is 1. The van der Waals surface area contributed by atoms with E-state index >= 15 is 0 Å². The second-order valence-corrected chi connectivity index (χ2v) is 13.5. The fraction of sp³-hybridized carbons (Fsp3) is 0.389. The molecule has 16 heteroatoms. The van der Waals surface area contributed by atoms with Crippen molar-refractivity contribution in [2.75, 3.05) is 64.9 Å². The van der Waals surface area contributed by atoms with Gasteiger partial charge in [0, 0.05) is 51.3 Å². The first kappa shape index (κ1) is 37.4. The zero-order valence-electron chi connectivity index (χ0n) is 28.7. The van der Waals surface area contributed by atoms with Gasteiger partial charge in [0.25, 0.3) is 5.91 Å². The summed E-state index contributed by atoms with van der Waals surface area (Å²) in [5.41, 5.74) is 4.18. The van der Waals surface area contributed by atoms with Crippen molar-refractivity contribution in [2.45, 2.75) is 31.7 Å². The Bertz CT molecular complexity index is 1970. The number of methoxy groups -OCH3 is 1. The van der Waals surface area contributed by atoms with Gasteiger partial charge < -0.3 is 24.0 Å². The van der Waals surface area contributed by atoms with Gasteiger partial charge in [0.15, 0.2) is 0 Å². The van der Waals surface area contributed by atoms with Gasteiger partial charge in [-0.15, -0.1) is 13.2 Å². The summed E-state index contributed by atoms with van der Waals surface area (Å²) < 4.78 is 49.9. The van der Waals surface area contributed by atoms with Gasteiger partial charge in [0.05, 0.1) is 46.6 Å². The smallest absolute Gasteiger partial charge is 0.496 e. The normalized spacial score (nSPS) is 14.8. The highest BCUT2D eigenvalue weighted by molar-refractivity contribution is 6.42. The van der Waals surface area contributed by atoms with Crippen molar-refractivity contribution in [3.05, 3.63) is 88.0 Å². The maximum absolute atomic E-state index is 13.9. The molecule has 11 nitrogen and oxygen atoms in total. The van der Waals surface area contributed by atoms with E-state index in [0.717, 1.165) is 54.6 Å². The number of benzene rings is 3. The van der Waals surface area contributed by atoms with Crippen LogP contribution in [0.1, 0.15) is 34.7 Å². The average Bonchev–Trinajstić information content (AvgIpc) is 3.73. The van der Waals surface area contributed by atoms with E-state index in [4.69, 9.17) is 32.9 Å². The maximum atomic E-state index is 13.9. The highest BCUT2D eigenvalue weighted by Gasteiger charge is 2.30. The number of likely N-dealkylation sites (N-methyl/N-ethyl adjacent to an activating group) is 1. The average molecular weight is 760 g/mol. The molecule has 1 aliphatic rings. The summed E-state index contributed by atoms with van der Waals surface area (Å²) in [5, 5.41) is 11.5. The predicted octanol–water partition coefficient (Wildman–Crippen LogP) is 7.13. The molecule has 1 fully saturated rings. The lowest BCUT2D eigenvalue weighted by Crippen LogP contribution is -2.35. The predicted molar refractivity (Wildman–Crippen MR) is 194 cm³/mol. The van der Waals surface area contributed by atoms with E-state index in [1.54, 1.807) is 40.9 Å². The number of H-pyrrole nitrogens is 1. The maximum Gasteiger partial charge on any atom is 0.522 e. The fourth-order valence-corrected chi connectivity index (χ4v) is 6.94. The van der Waals surface area contributed by atoms with Crippen molar-refractivity contribution in [1.82, 2.24) is 34.8 Å². The number of alkyl halides is 3. The lowest BCUT2D eigenvalue weighted by Gasteiger charge is -2.28. The zero-order valence-corrected chi connectivity index (χ0v) is 30.3. The van der Waals surface area contributed by atoms with Crippen molar-refractivity contribution >= 4 is 46.1 Å². The number of para-hydroxylation sites is 2. The summed E-state index contributed by atoms with van der Waals surface area (Å²) in [7, 11) is 3.30. The van der Waals surface area contributed by atoms with Gasteiger partial charge in [0.1, 0.15) is 11.4 Å². The summed E-state index contributed by atoms with van der Waals surface area (Å²) >= 11 is 12.7. The van der Waals surface area contributed by atoms with Crippen LogP contribution < -0.4 is 9.64 Å². The summed E-state index contributed by atoms with van der Waals surface area (Å²) in [6.45, 7) is 3.52. The Morgan fingerprint density at radius 3 is 2.60 bits per heavy atom. The molecule has 2 aromatic heterocycles. The van der Waals surface area contributed by atoms with Crippen LogP contribution in [0.25, 0.3) is 22.3 Å². The van der Waals surface area contributed by atoms with E-state index in [-0.39, 0.29) is 18.4 Å². The molecule has 1 N–H and O–H groups in total. The molecule has 0 bridgehead atoms. The first-order valence-electron chi connectivity index (χ1n) is 16.9. The van der Waals surface area contributed by atoms with Crippen molar-refractivity contribution in [1.29, 1.82) is 0 Å². The Morgan fingerprint density at radius 2 is 1.85 bits per heavy atom. The Hall–Kier alpha value is -4.37. The van der Waals surface area contributed by atoms with Crippen LogP contribution >= 0.6 is 23.2 Å². The van der Waals surface area contributed by atoms with Crippen LogP contribution in [0.15, 0.2) is 66.9 Å². The lowest BCUT2D eigenvalue weighted by molar-refractivity contribution is -0.325. The summed E-state index contributed by atoms with van der Waals surface area (Å²) in [6.07, 6.45) is -1.56. The minimum absolute atomic E-state index is 0.0174. The summed E-state index contributed by atoms with van der Waals surface area (Å²) in [6, 6.07) is 18.3. The minimum Gasteiger partial charge on any atom is -0.496 e. The number of hydrogen-bond donors (Lipinski definition) is 1. The molecule has 5 aromatic rings.